The molecule has 146 valence electrons. The van der Waals surface area contributed by atoms with Crippen molar-refractivity contribution in [3.05, 3.63) is 34.9 Å². The minimum absolute atomic E-state index is 0.126. The highest BCUT2D eigenvalue weighted by atomic mass is 16.2. The Hall–Kier alpha value is -2.58. The largest absolute Gasteiger partial charge is 0.316 e. The fraction of sp³-hybridized carbons (Fsp3) is 0.500. The summed E-state index contributed by atoms with van der Waals surface area (Å²) in [5, 5.41) is 5.64. The Balaban J connectivity index is 1.34. The van der Waals surface area contributed by atoms with E-state index in [1.165, 1.54) is 0 Å². The minimum atomic E-state index is -0.917. The molecule has 8 heteroatoms. The number of benzene rings is 1. The van der Waals surface area contributed by atoms with Gasteiger partial charge >= 0.3 is 0 Å². The van der Waals surface area contributed by atoms with E-state index in [9.17, 15) is 19.2 Å². The quantitative estimate of drug-likeness (QED) is 0.708. The van der Waals surface area contributed by atoms with Gasteiger partial charge in [-0.25, -0.2) is 0 Å². The first-order chi connectivity index (χ1) is 13.5. The number of fused-ring (bicyclic) bond motifs is 2. The van der Waals surface area contributed by atoms with Crippen molar-refractivity contribution in [2.75, 3.05) is 19.6 Å². The molecule has 4 heterocycles. The molecule has 0 saturated carbocycles. The number of carbonyl (C=O) groups is 4. The fourth-order valence-electron chi connectivity index (χ4n) is 4.91. The van der Waals surface area contributed by atoms with Gasteiger partial charge in [0, 0.05) is 32.1 Å². The van der Waals surface area contributed by atoms with Gasteiger partial charge in [0.15, 0.2) is 0 Å². The molecule has 3 fully saturated rings. The molecule has 4 amide bonds. The van der Waals surface area contributed by atoms with E-state index in [1.54, 1.807) is 12.1 Å². The Kier molecular flexibility index (Phi) is 4.06. The Bertz CT molecular complexity index is 898. The van der Waals surface area contributed by atoms with E-state index in [2.05, 4.69) is 15.5 Å². The Morgan fingerprint density at radius 3 is 2.64 bits per heavy atom. The maximum atomic E-state index is 12.9. The van der Waals surface area contributed by atoms with Crippen molar-refractivity contribution in [3.63, 3.8) is 0 Å². The highest BCUT2D eigenvalue weighted by Gasteiger charge is 2.45. The molecule has 8 nitrogen and oxygen atoms in total. The predicted molar refractivity (Wildman–Crippen MR) is 98.3 cm³/mol. The van der Waals surface area contributed by atoms with Crippen LogP contribution in [0.3, 0.4) is 0 Å². The van der Waals surface area contributed by atoms with Gasteiger partial charge in [0.25, 0.3) is 11.8 Å². The number of carbonyl (C=O) groups excluding carboxylic acids is 4. The molecule has 0 aromatic heterocycles. The second kappa shape index (κ2) is 6.49. The van der Waals surface area contributed by atoms with Gasteiger partial charge in [-0.3, -0.25) is 34.3 Å². The monoisotopic (exact) mass is 382 g/mol. The van der Waals surface area contributed by atoms with Crippen LogP contribution in [0.2, 0.25) is 0 Å². The van der Waals surface area contributed by atoms with Crippen LogP contribution in [0.5, 0.6) is 0 Å². The molecule has 3 unspecified atom stereocenters. The van der Waals surface area contributed by atoms with Crippen LogP contribution >= 0.6 is 0 Å². The summed E-state index contributed by atoms with van der Waals surface area (Å²) in [6.07, 6.45) is 1.44. The number of hydrogen-bond donors (Lipinski definition) is 2. The number of rotatable bonds is 3. The van der Waals surface area contributed by atoms with E-state index in [-0.39, 0.29) is 18.7 Å². The lowest BCUT2D eigenvalue weighted by Crippen LogP contribution is -2.62. The van der Waals surface area contributed by atoms with Crippen LogP contribution in [0.15, 0.2) is 18.2 Å². The van der Waals surface area contributed by atoms with Crippen LogP contribution in [-0.4, -0.2) is 65.1 Å². The van der Waals surface area contributed by atoms with Crippen molar-refractivity contribution in [1.29, 1.82) is 0 Å². The minimum Gasteiger partial charge on any atom is -0.316 e. The molecule has 0 aliphatic carbocycles. The molecule has 28 heavy (non-hydrogen) atoms. The Morgan fingerprint density at radius 1 is 1.04 bits per heavy atom. The summed E-state index contributed by atoms with van der Waals surface area (Å²) in [5.41, 5.74) is 1.69. The Morgan fingerprint density at radius 2 is 1.86 bits per heavy atom. The van der Waals surface area contributed by atoms with Gasteiger partial charge in [0.1, 0.15) is 6.04 Å². The van der Waals surface area contributed by atoms with Gasteiger partial charge in [-0.05, 0) is 43.0 Å². The lowest BCUT2D eigenvalue weighted by molar-refractivity contribution is -0.136. The van der Waals surface area contributed by atoms with E-state index in [1.807, 2.05) is 6.07 Å². The third-order valence-corrected chi connectivity index (χ3v) is 6.40. The second-order valence-corrected chi connectivity index (χ2v) is 8.08. The van der Waals surface area contributed by atoms with E-state index in [4.69, 9.17) is 0 Å². The molecule has 3 atom stereocenters. The first-order valence-electron chi connectivity index (χ1n) is 9.82. The molecule has 1 aromatic rings. The van der Waals surface area contributed by atoms with Crippen LogP contribution < -0.4 is 10.6 Å². The molecule has 0 radical (unpaired) electrons. The topological polar surface area (TPSA) is 98.8 Å². The molecule has 2 N–H and O–H groups in total. The lowest BCUT2D eigenvalue weighted by atomic mass is 9.83. The second-order valence-electron chi connectivity index (χ2n) is 8.08. The molecular weight excluding hydrogens is 360 g/mol. The first-order valence-corrected chi connectivity index (χ1v) is 9.82. The average Bonchev–Trinajstić information content (AvgIpc) is 2.91. The zero-order valence-corrected chi connectivity index (χ0v) is 15.4. The van der Waals surface area contributed by atoms with Gasteiger partial charge in [0.05, 0.1) is 11.1 Å². The maximum absolute atomic E-state index is 12.9. The molecule has 0 spiro atoms. The number of likely N-dealkylation sites (tertiary alicyclic amines) is 1. The zero-order chi connectivity index (χ0) is 19.4. The summed E-state index contributed by atoms with van der Waals surface area (Å²) >= 11 is 0. The first kappa shape index (κ1) is 17.5. The molecule has 1 aromatic carbocycles. The number of nitrogens with zero attached hydrogens (tertiary/aromatic N) is 2. The maximum Gasteiger partial charge on any atom is 0.262 e. The van der Waals surface area contributed by atoms with Gasteiger partial charge in [0.2, 0.25) is 11.8 Å². The molecule has 0 bridgehead atoms. The lowest BCUT2D eigenvalue weighted by Gasteiger charge is -2.51. The molecule has 4 aliphatic heterocycles. The number of hydrogen-bond acceptors (Lipinski definition) is 6. The van der Waals surface area contributed by atoms with Crippen LogP contribution in [0, 0.1) is 5.92 Å². The highest BCUT2D eigenvalue weighted by Crippen LogP contribution is 2.33. The highest BCUT2D eigenvalue weighted by molar-refractivity contribution is 6.23. The zero-order valence-electron chi connectivity index (χ0n) is 15.4. The summed E-state index contributed by atoms with van der Waals surface area (Å²) in [6, 6.07) is 5.05. The fourth-order valence-corrected chi connectivity index (χ4v) is 4.91. The van der Waals surface area contributed by atoms with Crippen molar-refractivity contribution >= 4 is 23.6 Å². The third kappa shape index (κ3) is 2.67. The van der Waals surface area contributed by atoms with Crippen molar-refractivity contribution in [2.24, 2.45) is 5.92 Å². The summed E-state index contributed by atoms with van der Waals surface area (Å²) in [6.45, 7) is 3.91. The van der Waals surface area contributed by atoms with Gasteiger partial charge < -0.3 is 5.32 Å². The number of nitrogens with one attached hydrogen (secondary N) is 2. The van der Waals surface area contributed by atoms with Crippen LogP contribution in [0.4, 0.5) is 0 Å². The van der Waals surface area contributed by atoms with Crippen molar-refractivity contribution in [3.8, 4) is 0 Å². The number of amides is 4. The smallest absolute Gasteiger partial charge is 0.262 e. The van der Waals surface area contributed by atoms with Gasteiger partial charge in [-0.2, -0.15) is 0 Å². The molecule has 3 saturated heterocycles. The van der Waals surface area contributed by atoms with Gasteiger partial charge in [-0.1, -0.05) is 6.07 Å². The van der Waals surface area contributed by atoms with Crippen LogP contribution in [-0.2, 0) is 16.1 Å². The molecular formula is C20H22N4O4. The van der Waals surface area contributed by atoms with Crippen molar-refractivity contribution in [2.45, 2.75) is 37.9 Å². The Labute approximate surface area is 162 Å². The molecule has 4 aliphatic rings. The standard InChI is InChI=1S/C20H22N4O4/c25-17-4-3-16(18(26)22-17)24-19(27)13-2-1-11(7-14(13)20(24)28)9-23-10-12-8-21-6-5-15(12)23/h1-2,7,12,15-16,21H,3-6,8-10H2,(H,22,25,26). The predicted octanol–water partition coefficient (Wildman–Crippen LogP) is -0.118. The van der Waals surface area contributed by atoms with Crippen LogP contribution in [0.25, 0.3) is 0 Å². The summed E-state index contributed by atoms with van der Waals surface area (Å²) in [5.74, 6) is -1.15. The van der Waals surface area contributed by atoms with E-state index in [0.717, 1.165) is 43.1 Å². The van der Waals surface area contributed by atoms with E-state index >= 15 is 0 Å². The SMILES string of the molecule is O=C1CCC(N2C(=O)c3ccc(CN4CC5CNCCC54)cc3C2=O)C(=O)N1. The van der Waals surface area contributed by atoms with Gasteiger partial charge in [-0.15, -0.1) is 0 Å². The number of piperidine rings is 2. The van der Waals surface area contributed by atoms with E-state index < -0.39 is 23.8 Å². The van der Waals surface area contributed by atoms with Crippen molar-refractivity contribution < 1.29 is 19.2 Å². The molecule has 5 rings (SSSR count). The summed E-state index contributed by atoms with van der Waals surface area (Å²) in [7, 11) is 0. The summed E-state index contributed by atoms with van der Waals surface area (Å²) < 4.78 is 0. The third-order valence-electron chi connectivity index (χ3n) is 6.40. The van der Waals surface area contributed by atoms with Crippen molar-refractivity contribution in [1.82, 2.24) is 20.4 Å². The van der Waals surface area contributed by atoms with E-state index in [0.29, 0.717) is 23.1 Å². The summed E-state index contributed by atoms with van der Waals surface area (Å²) in [4.78, 5) is 52.6. The van der Waals surface area contributed by atoms with Crippen LogP contribution in [0.1, 0.15) is 45.5 Å². The number of imide groups is 2. The average molecular weight is 382 g/mol. The normalized spacial score (nSPS) is 30.0.